The van der Waals surface area contributed by atoms with Gasteiger partial charge in [-0.3, -0.25) is 5.32 Å². The lowest BCUT2D eigenvalue weighted by Crippen LogP contribution is -2.33. The second kappa shape index (κ2) is 7.04. The highest BCUT2D eigenvalue weighted by Gasteiger charge is 2.10. The number of nitrogens with one attached hydrogen (secondary N) is 2. The first-order valence-electron chi connectivity index (χ1n) is 5.80. The van der Waals surface area contributed by atoms with Crippen LogP contribution in [0.1, 0.15) is 25.6 Å². The molecule has 0 radical (unpaired) electrons. The maximum absolute atomic E-state index is 9.03. The minimum absolute atomic E-state index is 0.231. The molecule has 0 aromatic carbocycles. The number of aromatic amines is 1. The third kappa shape index (κ3) is 3.69. The molecule has 4 heteroatoms. The average molecular weight is 220 g/mol. The van der Waals surface area contributed by atoms with Gasteiger partial charge in [-0.2, -0.15) is 5.26 Å². The van der Waals surface area contributed by atoms with Crippen LogP contribution in [0.25, 0.3) is 0 Å². The molecule has 0 fully saturated rings. The van der Waals surface area contributed by atoms with Crippen LogP contribution in [0.2, 0.25) is 0 Å². The zero-order valence-electron chi connectivity index (χ0n) is 10.0. The summed E-state index contributed by atoms with van der Waals surface area (Å²) in [6.45, 7) is 8.22. The molecule has 0 amide bonds. The minimum atomic E-state index is -0.231. The Kier molecular flexibility index (Phi) is 5.62. The van der Waals surface area contributed by atoms with E-state index in [9.17, 15) is 0 Å². The van der Waals surface area contributed by atoms with E-state index in [2.05, 4.69) is 35.1 Å². The molecule has 1 aromatic rings. The molecule has 0 saturated heterocycles. The van der Waals surface area contributed by atoms with E-state index in [4.69, 9.17) is 5.26 Å². The molecule has 88 valence electrons. The SMILES string of the molecule is CCN(CC)CCNC(C#N)c1ccc[nH]1. The molecule has 0 aliphatic rings. The van der Waals surface area contributed by atoms with Crippen molar-refractivity contribution in [2.75, 3.05) is 26.2 Å². The Morgan fingerprint density at radius 3 is 2.75 bits per heavy atom. The van der Waals surface area contributed by atoms with E-state index in [1.54, 1.807) is 0 Å². The molecule has 2 N–H and O–H groups in total. The Bertz CT molecular complexity index is 308. The normalized spacial score (nSPS) is 12.6. The zero-order valence-corrected chi connectivity index (χ0v) is 10.0. The fourth-order valence-corrected chi connectivity index (χ4v) is 1.66. The van der Waals surface area contributed by atoms with Gasteiger partial charge in [0, 0.05) is 25.0 Å². The molecule has 0 spiro atoms. The number of hydrogen-bond acceptors (Lipinski definition) is 3. The van der Waals surface area contributed by atoms with E-state index in [1.165, 1.54) is 0 Å². The summed E-state index contributed by atoms with van der Waals surface area (Å²) in [6.07, 6.45) is 1.84. The number of H-pyrrole nitrogens is 1. The molecule has 1 aromatic heterocycles. The number of hydrogen-bond donors (Lipinski definition) is 2. The average Bonchev–Trinajstić information content (AvgIpc) is 2.83. The van der Waals surface area contributed by atoms with E-state index in [-0.39, 0.29) is 6.04 Å². The smallest absolute Gasteiger partial charge is 0.136 e. The quantitative estimate of drug-likeness (QED) is 0.732. The summed E-state index contributed by atoms with van der Waals surface area (Å²) in [5.41, 5.74) is 0.932. The number of aromatic nitrogens is 1. The number of rotatable bonds is 7. The fourth-order valence-electron chi connectivity index (χ4n) is 1.66. The topological polar surface area (TPSA) is 54.9 Å². The molecule has 0 saturated carbocycles. The lowest BCUT2D eigenvalue weighted by atomic mass is 10.2. The van der Waals surface area contributed by atoms with Gasteiger partial charge in [-0.15, -0.1) is 0 Å². The van der Waals surface area contributed by atoms with Crippen molar-refractivity contribution in [3.05, 3.63) is 24.0 Å². The largest absolute Gasteiger partial charge is 0.363 e. The lowest BCUT2D eigenvalue weighted by molar-refractivity contribution is 0.300. The van der Waals surface area contributed by atoms with Gasteiger partial charge in [0.2, 0.25) is 0 Å². The second-order valence-electron chi connectivity index (χ2n) is 3.67. The van der Waals surface area contributed by atoms with Crippen molar-refractivity contribution in [3.8, 4) is 6.07 Å². The van der Waals surface area contributed by atoms with Crippen LogP contribution in [0.5, 0.6) is 0 Å². The highest BCUT2D eigenvalue weighted by Crippen LogP contribution is 2.07. The molecular weight excluding hydrogens is 200 g/mol. The number of nitrogens with zero attached hydrogens (tertiary/aromatic N) is 2. The van der Waals surface area contributed by atoms with Crippen molar-refractivity contribution in [3.63, 3.8) is 0 Å². The van der Waals surface area contributed by atoms with Gasteiger partial charge in [0.25, 0.3) is 0 Å². The van der Waals surface area contributed by atoms with E-state index in [0.717, 1.165) is 31.9 Å². The maximum Gasteiger partial charge on any atom is 0.136 e. The third-order valence-electron chi connectivity index (χ3n) is 2.73. The van der Waals surface area contributed by atoms with Gasteiger partial charge in [-0.1, -0.05) is 13.8 Å². The Morgan fingerprint density at radius 2 is 2.25 bits per heavy atom. The van der Waals surface area contributed by atoms with Crippen LogP contribution in [0.4, 0.5) is 0 Å². The van der Waals surface area contributed by atoms with Crippen molar-refractivity contribution < 1.29 is 0 Å². The summed E-state index contributed by atoms with van der Waals surface area (Å²) in [5.74, 6) is 0. The van der Waals surface area contributed by atoms with Crippen molar-refractivity contribution in [1.29, 1.82) is 5.26 Å². The van der Waals surface area contributed by atoms with E-state index in [0.29, 0.717) is 0 Å². The van der Waals surface area contributed by atoms with Crippen LogP contribution in [-0.2, 0) is 0 Å². The summed E-state index contributed by atoms with van der Waals surface area (Å²) < 4.78 is 0. The van der Waals surface area contributed by atoms with Crippen LogP contribution >= 0.6 is 0 Å². The summed E-state index contributed by atoms with van der Waals surface area (Å²) in [6, 6.07) is 5.86. The van der Waals surface area contributed by atoms with Crippen molar-refractivity contribution in [2.45, 2.75) is 19.9 Å². The van der Waals surface area contributed by atoms with Crippen LogP contribution in [-0.4, -0.2) is 36.1 Å². The lowest BCUT2D eigenvalue weighted by Gasteiger charge is -2.19. The highest BCUT2D eigenvalue weighted by molar-refractivity contribution is 5.15. The summed E-state index contributed by atoms with van der Waals surface area (Å²) in [4.78, 5) is 5.39. The van der Waals surface area contributed by atoms with Gasteiger partial charge in [-0.25, -0.2) is 0 Å². The summed E-state index contributed by atoms with van der Waals surface area (Å²) in [5, 5.41) is 12.3. The number of nitriles is 1. The zero-order chi connectivity index (χ0) is 11.8. The van der Waals surface area contributed by atoms with E-state index < -0.39 is 0 Å². The molecule has 1 atom stereocenters. The molecule has 0 bridgehead atoms. The Labute approximate surface area is 97.3 Å². The predicted octanol–water partition coefficient (Wildman–Crippen LogP) is 1.51. The molecule has 0 aliphatic heterocycles. The minimum Gasteiger partial charge on any atom is -0.363 e. The first-order chi connectivity index (χ1) is 7.81. The predicted molar refractivity (Wildman–Crippen MR) is 64.9 cm³/mol. The molecule has 1 unspecified atom stereocenters. The van der Waals surface area contributed by atoms with Gasteiger partial charge in [0.15, 0.2) is 0 Å². The third-order valence-corrected chi connectivity index (χ3v) is 2.73. The van der Waals surface area contributed by atoms with E-state index in [1.807, 2.05) is 18.3 Å². The Hall–Kier alpha value is -1.31. The Morgan fingerprint density at radius 1 is 1.50 bits per heavy atom. The monoisotopic (exact) mass is 220 g/mol. The molecular formula is C12H20N4. The van der Waals surface area contributed by atoms with Crippen molar-refractivity contribution in [1.82, 2.24) is 15.2 Å². The molecule has 16 heavy (non-hydrogen) atoms. The maximum atomic E-state index is 9.03. The molecule has 4 nitrogen and oxygen atoms in total. The second-order valence-corrected chi connectivity index (χ2v) is 3.67. The van der Waals surface area contributed by atoms with Crippen LogP contribution in [0.3, 0.4) is 0 Å². The summed E-state index contributed by atoms with van der Waals surface area (Å²) >= 11 is 0. The van der Waals surface area contributed by atoms with Crippen molar-refractivity contribution in [2.24, 2.45) is 0 Å². The Balaban J connectivity index is 2.33. The van der Waals surface area contributed by atoms with Crippen LogP contribution in [0, 0.1) is 11.3 Å². The number of likely N-dealkylation sites (N-methyl/N-ethyl adjacent to an activating group) is 1. The van der Waals surface area contributed by atoms with Gasteiger partial charge in [-0.05, 0) is 25.2 Å². The van der Waals surface area contributed by atoms with E-state index >= 15 is 0 Å². The molecule has 0 aliphatic carbocycles. The first-order valence-corrected chi connectivity index (χ1v) is 5.80. The van der Waals surface area contributed by atoms with Crippen LogP contribution in [0.15, 0.2) is 18.3 Å². The van der Waals surface area contributed by atoms with Gasteiger partial charge in [0.05, 0.1) is 6.07 Å². The standard InChI is InChI=1S/C12H20N4/c1-3-16(4-2)9-8-15-12(10-13)11-6-5-7-14-11/h5-7,12,14-15H,3-4,8-9H2,1-2H3. The highest BCUT2D eigenvalue weighted by atomic mass is 15.1. The van der Waals surface area contributed by atoms with Crippen molar-refractivity contribution >= 4 is 0 Å². The molecule has 1 rings (SSSR count). The van der Waals surface area contributed by atoms with Gasteiger partial charge < -0.3 is 9.88 Å². The first kappa shape index (κ1) is 12.8. The van der Waals surface area contributed by atoms with Gasteiger partial charge >= 0.3 is 0 Å². The fraction of sp³-hybridized carbons (Fsp3) is 0.583. The van der Waals surface area contributed by atoms with Gasteiger partial charge in [0.1, 0.15) is 6.04 Å². The van der Waals surface area contributed by atoms with Crippen LogP contribution < -0.4 is 5.32 Å². The summed E-state index contributed by atoms with van der Waals surface area (Å²) in [7, 11) is 0. The molecule has 1 heterocycles.